The average Bonchev–Trinajstić information content (AvgIpc) is 3.37. The van der Waals surface area contributed by atoms with Crippen LogP contribution in [0.1, 0.15) is 22.1 Å². The number of carbonyl (C=O) groups is 1. The molecule has 1 saturated heterocycles. The topological polar surface area (TPSA) is 98.1 Å². The number of ether oxygens (including phenoxy) is 1. The highest BCUT2D eigenvalue weighted by Gasteiger charge is 2.16. The van der Waals surface area contributed by atoms with Crippen molar-refractivity contribution in [2.24, 2.45) is 0 Å². The molecule has 9 nitrogen and oxygen atoms in total. The van der Waals surface area contributed by atoms with Gasteiger partial charge in [-0.3, -0.25) is 9.69 Å². The Morgan fingerprint density at radius 2 is 2.03 bits per heavy atom. The fraction of sp³-hybridized carbons (Fsp3) is 0.421. The van der Waals surface area contributed by atoms with Crippen molar-refractivity contribution in [1.29, 1.82) is 0 Å². The standard InChI is InChI=1S/C19H23N7O2S/c27-18(13-26-17(22-23-24-26)12-25-6-8-28-9-7-25)20-11-16-14-29-19(21-16)10-15-4-2-1-3-5-15/h1-5,14H,6-13H2,(H,20,27). The summed E-state index contributed by atoms with van der Waals surface area (Å²) in [5.41, 5.74) is 2.09. The largest absolute Gasteiger partial charge is 0.379 e. The summed E-state index contributed by atoms with van der Waals surface area (Å²) in [4.78, 5) is 19.2. The number of hydrogen-bond donors (Lipinski definition) is 1. The lowest BCUT2D eigenvalue weighted by Crippen LogP contribution is -2.37. The normalized spacial score (nSPS) is 14.8. The number of rotatable bonds is 8. The Hall–Kier alpha value is -2.69. The molecule has 0 bridgehead atoms. The van der Waals surface area contributed by atoms with Crippen LogP contribution in [-0.4, -0.2) is 62.3 Å². The van der Waals surface area contributed by atoms with Crippen molar-refractivity contribution < 1.29 is 9.53 Å². The lowest BCUT2D eigenvalue weighted by molar-refractivity contribution is -0.122. The van der Waals surface area contributed by atoms with E-state index in [0.717, 1.165) is 30.2 Å². The number of benzene rings is 1. The molecule has 4 rings (SSSR count). The zero-order chi connectivity index (χ0) is 19.9. The van der Waals surface area contributed by atoms with Crippen LogP contribution >= 0.6 is 11.3 Å². The quantitative estimate of drug-likeness (QED) is 0.585. The zero-order valence-electron chi connectivity index (χ0n) is 16.0. The molecule has 1 aliphatic rings. The fourth-order valence-electron chi connectivity index (χ4n) is 3.08. The van der Waals surface area contributed by atoms with Gasteiger partial charge < -0.3 is 10.1 Å². The Labute approximate surface area is 172 Å². The van der Waals surface area contributed by atoms with Crippen molar-refractivity contribution in [3.05, 3.63) is 57.8 Å². The van der Waals surface area contributed by atoms with Crippen molar-refractivity contribution in [3.63, 3.8) is 0 Å². The Balaban J connectivity index is 1.26. The summed E-state index contributed by atoms with van der Waals surface area (Å²) in [5, 5.41) is 17.6. The first-order valence-electron chi connectivity index (χ1n) is 9.55. The highest BCUT2D eigenvalue weighted by Crippen LogP contribution is 2.14. The number of nitrogens with one attached hydrogen (secondary N) is 1. The first-order valence-corrected chi connectivity index (χ1v) is 10.4. The van der Waals surface area contributed by atoms with Gasteiger partial charge in [0, 0.05) is 24.9 Å². The van der Waals surface area contributed by atoms with Crippen LogP contribution < -0.4 is 5.32 Å². The molecule has 29 heavy (non-hydrogen) atoms. The van der Waals surface area contributed by atoms with E-state index in [1.807, 2.05) is 23.6 Å². The number of amides is 1. The summed E-state index contributed by atoms with van der Waals surface area (Å²) in [6, 6.07) is 10.2. The molecule has 0 unspecified atom stereocenters. The van der Waals surface area contributed by atoms with Crippen LogP contribution in [0.3, 0.4) is 0 Å². The van der Waals surface area contributed by atoms with Gasteiger partial charge in [-0.2, -0.15) is 0 Å². The molecule has 1 amide bonds. The third-order valence-electron chi connectivity index (χ3n) is 4.63. The average molecular weight is 414 g/mol. The van der Waals surface area contributed by atoms with E-state index in [9.17, 15) is 4.79 Å². The minimum absolute atomic E-state index is 0.0910. The van der Waals surface area contributed by atoms with Gasteiger partial charge in [-0.25, -0.2) is 9.67 Å². The molecular formula is C19H23N7O2S. The summed E-state index contributed by atoms with van der Waals surface area (Å²) in [7, 11) is 0. The second-order valence-corrected chi connectivity index (χ2v) is 7.76. The maximum atomic E-state index is 12.3. The van der Waals surface area contributed by atoms with E-state index in [4.69, 9.17) is 4.74 Å². The van der Waals surface area contributed by atoms with E-state index in [2.05, 4.69) is 42.9 Å². The summed E-state index contributed by atoms with van der Waals surface area (Å²) >= 11 is 1.61. The van der Waals surface area contributed by atoms with Crippen LogP contribution in [0.5, 0.6) is 0 Å². The monoisotopic (exact) mass is 413 g/mol. The van der Waals surface area contributed by atoms with Gasteiger partial charge in [0.25, 0.3) is 0 Å². The zero-order valence-corrected chi connectivity index (χ0v) is 16.8. The molecule has 3 aromatic rings. The maximum Gasteiger partial charge on any atom is 0.242 e. The molecule has 0 radical (unpaired) electrons. The second-order valence-electron chi connectivity index (χ2n) is 6.81. The highest BCUT2D eigenvalue weighted by molar-refractivity contribution is 7.09. The molecular weight excluding hydrogens is 390 g/mol. The molecule has 0 spiro atoms. The van der Waals surface area contributed by atoms with Gasteiger partial charge >= 0.3 is 0 Å². The van der Waals surface area contributed by atoms with Crippen LogP contribution in [-0.2, 0) is 35.6 Å². The van der Waals surface area contributed by atoms with Crippen LogP contribution in [0.4, 0.5) is 0 Å². The number of thiazole rings is 1. The summed E-state index contributed by atoms with van der Waals surface area (Å²) < 4.78 is 6.90. The molecule has 1 aliphatic heterocycles. The van der Waals surface area contributed by atoms with Crippen LogP contribution in [0.2, 0.25) is 0 Å². The molecule has 2 aromatic heterocycles. The number of hydrogen-bond acceptors (Lipinski definition) is 8. The number of tetrazole rings is 1. The fourth-order valence-corrected chi connectivity index (χ4v) is 3.91. The molecule has 1 aromatic carbocycles. The molecule has 152 valence electrons. The van der Waals surface area contributed by atoms with E-state index in [1.165, 1.54) is 5.56 Å². The van der Waals surface area contributed by atoms with Gasteiger partial charge in [0.15, 0.2) is 5.82 Å². The predicted molar refractivity (Wildman–Crippen MR) is 107 cm³/mol. The number of morpholine rings is 1. The third-order valence-corrected chi connectivity index (χ3v) is 5.53. The predicted octanol–water partition coefficient (Wildman–Crippen LogP) is 0.869. The SMILES string of the molecule is O=C(Cn1nnnc1CN1CCOCC1)NCc1csc(Cc2ccccc2)n1. The lowest BCUT2D eigenvalue weighted by Gasteiger charge is -2.25. The molecule has 3 heterocycles. The third kappa shape index (κ3) is 5.66. The van der Waals surface area contributed by atoms with E-state index >= 15 is 0 Å². The van der Waals surface area contributed by atoms with Crippen molar-refractivity contribution >= 4 is 17.2 Å². The van der Waals surface area contributed by atoms with E-state index in [1.54, 1.807) is 16.0 Å². The van der Waals surface area contributed by atoms with Crippen molar-refractivity contribution in [3.8, 4) is 0 Å². The van der Waals surface area contributed by atoms with Crippen LogP contribution in [0.15, 0.2) is 35.7 Å². The molecule has 0 saturated carbocycles. The molecule has 0 atom stereocenters. The van der Waals surface area contributed by atoms with Crippen molar-refractivity contribution in [2.75, 3.05) is 26.3 Å². The van der Waals surface area contributed by atoms with Gasteiger partial charge in [-0.05, 0) is 16.0 Å². The Kier molecular flexibility index (Phi) is 6.55. The van der Waals surface area contributed by atoms with Gasteiger partial charge in [-0.1, -0.05) is 30.3 Å². The van der Waals surface area contributed by atoms with Gasteiger partial charge in [0.1, 0.15) is 6.54 Å². The molecule has 0 aliphatic carbocycles. The minimum atomic E-state index is -0.141. The number of carbonyl (C=O) groups excluding carboxylic acids is 1. The van der Waals surface area contributed by atoms with E-state index in [-0.39, 0.29) is 12.5 Å². The second kappa shape index (κ2) is 9.68. The lowest BCUT2D eigenvalue weighted by atomic mass is 10.2. The van der Waals surface area contributed by atoms with E-state index in [0.29, 0.717) is 32.1 Å². The van der Waals surface area contributed by atoms with Crippen molar-refractivity contribution in [1.82, 2.24) is 35.4 Å². The Morgan fingerprint density at radius 3 is 2.86 bits per heavy atom. The highest BCUT2D eigenvalue weighted by atomic mass is 32.1. The molecule has 1 N–H and O–H groups in total. The number of aromatic nitrogens is 5. The maximum absolute atomic E-state index is 12.3. The van der Waals surface area contributed by atoms with Gasteiger partial charge in [0.2, 0.25) is 5.91 Å². The minimum Gasteiger partial charge on any atom is -0.379 e. The van der Waals surface area contributed by atoms with Gasteiger partial charge in [0.05, 0.1) is 37.0 Å². The molecule has 1 fully saturated rings. The van der Waals surface area contributed by atoms with Crippen molar-refractivity contribution in [2.45, 2.75) is 26.1 Å². The molecule has 10 heteroatoms. The van der Waals surface area contributed by atoms with Crippen LogP contribution in [0, 0.1) is 0 Å². The summed E-state index contributed by atoms with van der Waals surface area (Å²) in [6.07, 6.45) is 0.801. The van der Waals surface area contributed by atoms with E-state index < -0.39 is 0 Å². The Morgan fingerprint density at radius 1 is 1.21 bits per heavy atom. The number of nitrogens with zero attached hydrogens (tertiary/aromatic N) is 6. The first-order chi connectivity index (χ1) is 14.3. The summed E-state index contributed by atoms with van der Waals surface area (Å²) in [5.74, 6) is 0.541. The van der Waals surface area contributed by atoms with Gasteiger partial charge in [-0.15, -0.1) is 16.4 Å². The smallest absolute Gasteiger partial charge is 0.242 e. The van der Waals surface area contributed by atoms with Crippen LogP contribution in [0.25, 0.3) is 0 Å². The summed E-state index contributed by atoms with van der Waals surface area (Å²) in [6.45, 7) is 4.20. The Bertz CT molecular complexity index is 922. The first kappa shape index (κ1) is 19.6.